The zero-order chi connectivity index (χ0) is 30.6. The number of hydrogen-bond acceptors (Lipinski definition) is 9. The van der Waals surface area contributed by atoms with Gasteiger partial charge in [-0.1, -0.05) is 42.0 Å². The van der Waals surface area contributed by atoms with E-state index >= 15 is 0 Å². The van der Waals surface area contributed by atoms with Crippen molar-refractivity contribution >= 4 is 51.4 Å². The fourth-order valence-corrected chi connectivity index (χ4v) is 5.14. The molecular weight excluding hydrogens is 550 g/mol. The van der Waals surface area contributed by atoms with Crippen molar-refractivity contribution in [1.82, 2.24) is 5.01 Å². The number of carbonyl (C=O) groups is 2. The van der Waals surface area contributed by atoms with Gasteiger partial charge in [0.2, 0.25) is 11.3 Å². The third-order valence-corrected chi connectivity index (χ3v) is 7.21. The molecule has 0 spiro atoms. The summed E-state index contributed by atoms with van der Waals surface area (Å²) in [6.07, 6.45) is 1.13. The van der Waals surface area contributed by atoms with Crippen LogP contribution >= 0.6 is 0 Å². The van der Waals surface area contributed by atoms with Gasteiger partial charge in [-0.15, -0.1) is 0 Å². The fraction of sp³-hybridized carbons (Fsp3) is 0.121. The molecule has 2 amide bonds. The van der Waals surface area contributed by atoms with E-state index in [-0.39, 0.29) is 28.1 Å². The van der Waals surface area contributed by atoms with Gasteiger partial charge in [0.05, 0.1) is 11.1 Å². The van der Waals surface area contributed by atoms with Crippen LogP contribution in [0, 0.1) is 20.8 Å². The topological polar surface area (TPSA) is 134 Å². The summed E-state index contributed by atoms with van der Waals surface area (Å²) in [5.41, 5.74) is 2.02. The van der Waals surface area contributed by atoms with Gasteiger partial charge >= 0.3 is 5.63 Å². The van der Waals surface area contributed by atoms with Crippen LogP contribution in [-0.4, -0.2) is 27.8 Å². The second-order valence-electron chi connectivity index (χ2n) is 10.3. The number of rotatable bonds is 3. The summed E-state index contributed by atoms with van der Waals surface area (Å²) in [5.74, 6) is -1.93. The van der Waals surface area contributed by atoms with Crippen molar-refractivity contribution in [1.29, 1.82) is 0 Å². The Hall–Kier alpha value is -5.77. The Kier molecular flexibility index (Phi) is 6.53. The number of fused-ring (bicyclic) bond motifs is 2. The number of amidine groups is 1. The summed E-state index contributed by atoms with van der Waals surface area (Å²) in [6, 6.07) is 18.6. The van der Waals surface area contributed by atoms with E-state index in [0.717, 1.165) is 16.6 Å². The zero-order valence-corrected chi connectivity index (χ0v) is 23.7. The number of anilines is 1. The number of imide groups is 1. The minimum Gasteiger partial charge on any atom is -0.480 e. The lowest BCUT2D eigenvalue weighted by Gasteiger charge is -2.38. The van der Waals surface area contributed by atoms with E-state index in [9.17, 15) is 24.3 Å². The lowest BCUT2D eigenvalue weighted by Crippen LogP contribution is -2.56. The Morgan fingerprint density at radius 3 is 2.33 bits per heavy atom. The van der Waals surface area contributed by atoms with Gasteiger partial charge in [-0.25, -0.2) is 14.8 Å². The summed E-state index contributed by atoms with van der Waals surface area (Å²) in [7, 11) is 0. The number of hydrazine groups is 1. The molecule has 0 saturated carbocycles. The molecule has 0 bridgehead atoms. The largest absolute Gasteiger partial charge is 0.480 e. The Bertz CT molecular complexity index is 2180. The van der Waals surface area contributed by atoms with Crippen LogP contribution < -0.4 is 16.1 Å². The second-order valence-corrected chi connectivity index (χ2v) is 10.3. The third-order valence-electron chi connectivity index (χ3n) is 7.21. The van der Waals surface area contributed by atoms with Crippen LogP contribution in [-0.2, 0) is 9.59 Å². The van der Waals surface area contributed by atoms with E-state index in [4.69, 9.17) is 8.83 Å². The second kappa shape index (κ2) is 10.3. The third kappa shape index (κ3) is 4.68. The number of benzene rings is 3. The van der Waals surface area contributed by atoms with E-state index < -0.39 is 28.8 Å². The molecule has 0 atom stereocenters. The van der Waals surface area contributed by atoms with Crippen molar-refractivity contribution in [2.75, 3.05) is 5.01 Å². The van der Waals surface area contributed by atoms with Crippen molar-refractivity contribution in [3.05, 3.63) is 121 Å². The number of hydrogen-bond donors (Lipinski definition) is 1. The maximum absolute atomic E-state index is 14.0. The Labute approximate surface area is 244 Å². The van der Waals surface area contributed by atoms with Gasteiger partial charge in [0, 0.05) is 23.9 Å². The van der Waals surface area contributed by atoms with Gasteiger partial charge in [0.25, 0.3) is 11.9 Å². The van der Waals surface area contributed by atoms with Gasteiger partial charge in [-0.2, -0.15) is 5.01 Å². The predicted molar refractivity (Wildman–Crippen MR) is 162 cm³/mol. The summed E-state index contributed by atoms with van der Waals surface area (Å²) in [5, 5.41) is 13.8. The highest BCUT2D eigenvalue weighted by Crippen LogP contribution is 2.34. The Morgan fingerprint density at radius 1 is 0.860 bits per heavy atom. The molecule has 0 unspecified atom stereocenters. The zero-order valence-electron chi connectivity index (χ0n) is 23.7. The normalized spacial score (nSPS) is 14.6. The number of aliphatic imine (C=N–C) groups is 1. The Balaban J connectivity index is 1.63. The molecule has 10 nitrogen and oxygen atoms in total. The van der Waals surface area contributed by atoms with Crippen LogP contribution in [0.3, 0.4) is 0 Å². The summed E-state index contributed by atoms with van der Waals surface area (Å²) in [4.78, 5) is 57.2. The minimum atomic E-state index is -0.828. The highest BCUT2D eigenvalue weighted by molar-refractivity contribution is 6.22. The number of aromatic hydroxyl groups is 1. The molecular formula is C33H25N3O7. The predicted octanol–water partition coefficient (Wildman–Crippen LogP) is 5.13. The van der Waals surface area contributed by atoms with E-state index in [1.165, 1.54) is 18.0 Å². The van der Waals surface area contributed by atoms with E-state index in [2.05, 4.69) is 4.99 Å². The van der Waals surface area contributed by atoms with E-state index in [0.29, 0.717) is 33.3 Å². The SMILES string of the molecule is CC(=O)N1C(=O)/C(=C\c2c(O)oc3ccc(C)cc3c2=O)N=C(c2ccccc2)N1c1cc2c(C)cc(=O)oc2cc1C. The first-order chi connectivity index (χ1) is 20.5. The Morgan fingerprint density at radius 2 is 1.60 bits per heavy atom. The van der Waals surface area contributed by atoms with Gasteiger partial charge in [0.15, 0.2) is 5.84 Å². The maximum atomic E-state index is 14.0. The van der Waals surface area contributed by atoms with Gasteiger partial charge in [-0.3, -0.25) is 14.4 Å². The molecule has 0 radical (unpaired) electrons. The molecule has 0 saturated heterocycles. The lowest BCUT2D eigenvalue weighted by molar-refractivity contribution is -0.141. The van der Waals surface area contributed by atoms with E-state index in [1.54, 1.807) is 68.4 Å². The number of carbonyl (C=O) groups excluding carboxylic acids is 2. The number of aryl methyl sites for hydroxylation is 3. The molecule has 6 rings (SSSR count). The average molecular weight is 576 g/mol. The summed E-state index contributed by atoms with van der Waals surface area (Å²) < 4.78 is 10.9. The summed E-state index contributed by atoms with van der Waals surface area (Å²) >= 11 is 0. The van der Waals surface area contributed by atoms with Gasteiger partial charge in [-0.05, 0) is 62.2 Å². The molecule has 1 aliphatic heterocycles. The molecule has 3 heterocycles. The quantitative estimate of drug-likeness (QED) is 0.231. The highest BCUT2D eigenvalue weighted by atomic mass is 16.5. The highest BCUT2D eigenvalue weighted by Gasteiger charge is 2.38. The molecule has 2 aromatic heterocycles. The monoisotopic (exact) mass is 575 g/mol. The maximum Gasteiger partial charge on any atom is 0.336 e. The van der Waals surface area contributed by atoms with Crippen LogP contribution in [0.5, 0.6) is 5.95 Å². The molecule has 3 aromatic carbocycles. The number of nitrogens with zero attached hydrogens (tertiary/aromatic N) is 3. The van der Waals surface area contributed by atoms with Crippen LogP contribution in [0.15, 0.2) is 95.8 Å². The first kappa shape index (κ1) is 27.4. The smallest absolute Gasteiger partial charge is 0.336 e. The minimum absolute atomic E-state index is 0.188. The standard InChI is InChI=1S/C33H25N3O7/c1-17-10-11-27-23(12-17)30(39)24(33(41)43-27)15-25-32(40)35(20(4)37)36(31(34-25)21-8-6-5-7-9-21)26-16-22-18(2)14-29(38)42-28(22)13-19(26)3/h5-16,41H,1-4H3/b25-15+. The summed E-state index contributed by atoms with van der Waals surface area (Å²) in [6.45, 7) is 6.57. The lowest BCUT2D eigenvalue weighted by atomic mass is 10.0. The van der Waals surface area contributed by atoms with Crippen molar-refractivity contribution < 1.29 is 23.5 Å². The fourth-order valence-electron chi connectivity index (χ4n) is 5.14. The first-order valence-electron chi connectivity index (χ1n) is 13.4. The van der Waals surface area contributed by atoms with Crippen LogP contribution in [0.1, 0.15) is 34.7 Å². The van der Waals surface area contributed by atoms with Crippen LogP contribution in [0.4, 0.5) is 5.69 Å². The molecule has 0 fully saturated rings. The molecule has 43 heavy (non-hydrogen) atoms. The molecule has 1 aliphatic rings. The van der Waals surface area contributed by atoms with E-state index in [1.807, 2.05) is 13.0 Å². The molecule has 214 valence electrons. The molecule has 10 heteroatoms. The number of amides is 2. The average Bonchev–Trinajstić information content (AvgIpc) is 2.96. The molecule has 1 N–H and O–H groups in total. The van der Waals surface area contributed by atoms with Crippen molar-refractivity contribution in [3.8, 4) is 5.95 Å². The first-order valence-corrected chi connectivity index (χ1v) is 13.4. The van der Waals surface area contributed by atoms with Gasteiger partial charge < -0.3 is 13.9 Å². The van der Waals surface area contributed by atoms with Crippen LogP contribution in [0.2, 0.25) is 0 Å². The van der Waals surface area contributed by atoms with Crippen LogP contribution in [0.25, 0.3) is 28.0 Å². The van der Waals surface area contributed by atoms with Crippen molar-refractivity contribution in [2.45, 2.75) is 27.7 Å². The molecule has 5 aromatic rings. The molecule has 0 aliphatic carbocycles. The van der Waals surface area contributed by atoms with Crippen molar-refractivity contribution in [2.24, 2.45) is 4.99 Å². The van der Waals surface area contributed by atoms with Gasteiger partial charge in [0.1, 0.15) is 22.4 Å². The van der Waals surface area contributed by atoms with Crippen molar-refractivity contribution in [3.63, 3.8) is 0 Å².